The zero-order chi connectivity index (χ0) is 18.6. The van der Waals surface area contributed by atoms with Gasteiger partial charge >= 0.3 is 0 Å². The third kappa shape index (κ3) is 3.40. The molecule has 0 radical (unpaired) electrons. The summed E-state index contributed by atoms with van der Waals surface area (Å²) in [5.74, 6) is -0.394. The lowest BCUT2D eigenvalue weighted by atomic mass is 10.1. The van der Waals surface area contributed by atoms with E-state index >= 15 is 0 Å². The van der Waals surface area contributed by atoms with E-state index in [0.29, 0.717) is 20.8 Å². The Labute approximate surface area is 157 Å². The highest BCUT2D eigenvalue weighted by molar-refractivity contribution is 7.92. The summed E-state index contributed by atoms with van der Waals surface area (Å²) in [6.07, 6.45) is 0. The monoisotopic (exact) mass is 421 g/mol. The molecule has 25 heavy (non-hydrogen) atoms. The van der Waals surface area contributed by atoms with Crippen LogP contribution in [0.1, 0.15) is 13.8 Å². The standard InChI is InChI=1S/C16H17Cl2NO4S2/c1-16(2)10-24(20,21)8-7-19(16)25(22,23)11-3-4-12-13(9-11)15(18)6-5-14(12)17/h3-6,9H,7-8,10H2,1-2H3. The van der Waals surface area contributed by atoms with Crippen molar-refractivity contribution in [2.24, 2.45) is 0 Å². The largest absolute Gasteiger partial charge is 0.243 e. The summed E-state index contributed by atoms with van der Waals surface area (Å²) in [5, 5.41) is 2.08. The number of fused-ring (bicyclic) bond motifs is 1. The first-order chi connectivity index (χ1) is 11.4. The highest BCUT2D eigenvalue weighted by atomic mass is 35.5. The van der Waals surface area contributed by atoms with E-state index in [1.165, 1.54) is 16.4 Å². The van der Waals surface area contributed by atoms with Crippen LogP contribution in [0.15, 0.2) is 35.2 Å². The zero-order valence-electron chi connectivity index (χ0n) is 13.7. The van der Waals surface area contributed by atoms with Crippen molar-refractivity contribution < 1.29 is 16.8 Å². The third-order valence-corrected chi connectivity index (χ3v) is 9.04. The topological polar surface area (TPSA) is 71.5 Å². The number of sulfonamides is 1. The summed E-state index contributed by atoms with van der Waals surface area (Å²) in [7, 11) is -7.13. The van der Waals surface area contributed by atoms with Gasteiger partial charge < -0.3 is 0 Å². The van der Waals surface area contributed by atoms with Crippen LogP contribution in [0.2, 0.25) is 10.0 Å². The molecule has 3 rings (SSSR count). The number of rotatable bonds is 2. The Kier molecular flexibility index (Phi) is 4.61. The summed E-state index contributed by atoms with van der Waals surface area (Å²) in [6, 6.07) is 7.83. The molecule has 0 unspecified atom stereocenters. The summed E-state index contributed by atoms with van der Waals surface area (Å²) >= 11 is 12.3. The third-order valence-electron chi connectivity index (χ3n) is 4.32. The predicted octanol–water partition coefficient (Wildman–Crippen LogP) is 3.34. The van der Waals surface area contributed by atoms with Crippen molar-refractivity contribution in [2.45, 2.75) is 24.3 Å². The van der Waals surface area contributed by atoms with E-state index in [1.807, 2.05) is 0 Å². The molecule has 0 atom stereocenters. The Bertz CT molecular complexity index is 1060. The van der Waals surface area contributed by atoms with E-state index in [4.69, 9.17) is 23.2 Å². The van der Waals surface area contributed by atoms with E-state index in [2.05, 4.69) is 0 Å². The van der Waals surface area contributed by atoms with E-state index in [-0.39, 0.29) is 22.9 Å². The number of nitrogens with zero attached hydrogens (tertiary/aromatic N) is 1. The molecule has 0 spiro atoms. The van der Waals surface area contributed by atoms with Crippen LogP contribution in [0.3, 0.4) is 0 Å². The van der Waals surface area contributed by atoms with Crippen molar-refractivity contribution in [1.29, 1.82) is 0 Å². The molecule has 136 valence electrons. The highest BCUT2D eigenvalue weighted by Gasteiger charge is 2.44. The number of benzene rings is 2. The van der Waals surface area contributed by atoms with Crippen LogP contribution in [0, 0.1) is 0 Å². The van der Waals surface area contributed by atoms with Gasteiger partial charge in [-0.15, -0.1) is 0 Å². The maximum absolute atomic E-state index is 13.1. The van der Waals surface area contributed by atoms with E-state index < -0.39 is 25.4 Å². The van der Waals surface area contributed by atoms with Gasteiger partial charge in [-0.1, -0.05) is 29.3 Å². The molecule has 9 heteroatoms. The molecule has 1 aliphatic heterocycles. The second-order valence-corrected chi connectivity index (χ2v) is 11.6. The van der Waals surface area contributed by atoms with Crippen LogP contribution in [0.4, 0.5) is 0 Å². The van der Waals surface area contributed by atoms with Gasteiger partial charge in [0.1, 0.15) is 0 Å². The smallest absolute Gasteiger partial charge is 0.229 e. The van der Waals surface area contributed by atoms with Crippen LogP contribution in [-0.2, 0) is 19.9 Å². The average Bonchev–Trinajstić information content (AvgIpc) is 2.48. The maximum atomic E-state index is 13.1. The fourth-order valence-corrected chi connectivity index (χ4v) is 7.49. The van der Waals surface area contributed by atoms with Crippen molar-refractivity contribution in [2.75, 3.05) is 18.1 Å². The Morgan fingerprint density at radius 2 is 1.64 bits per heavy atom. The van der Waals surface area contributed by atoms with Gasteiger partial charge in [0.05, 0.1) is 16.4 Å². The van der Waals surface area contributed by atoms with E-state index in [0.717, 1.165) is 0 Å². The minimum Gasteiger partial charge on any atom is -0.229 e. The fraction of sp³-hybridized carbons (Fsp3) is 0.375. The maximum Gasteiger partial charge on any atom is 0.243 e. The van der Waals surface area contributed by atoms with Crippen molar-refractivity contribution in [3.05, 3.63) is 40.4 Å². The van der Waals surface area contributed by atoms with Crippen LogP contribution in [-0.4, -0.2) is 44.7 Å². The van der Waals surface area contributed by atoms with Gasteiger partial charge in [0.25, 0.3) is 0 Å². The molecule has 0 aliphatic carbocycles. The van der Waals surface area contributed by atoms with Crippen LogP contribution in [0.5, 0.6) is 0 Å². The SMILES string of the molecule is CC1(C)CS(=O)(=O)CCN1S(=O)(=O)c1ccc2c(Cl)ccc(Cl)c2c1. The van der Waals surface area contributed by atoms with Gasteiger partial charge in [-0.3, -0.25) is 0 Å². The molecule has 0 aromatic heterocycles. The van der Waals surface area contributed by atoms with Crippen LogP contribution in [0.25, 0.3) is 10.8 Å². The minimum atomic E-state index is -3.87. The molecule has 0 N–H and O–H groups in total. The Balaban J connectivity index is 2.12. The quantitative estimate of drug-likeness (QED) is 0.744. The van der Waals surface area contributed by atoms with E-state index in [9.17, 15) is 16.8 Å². The number of hydrogen-bond acceptors (Lipinski definition) is 4. The Morgan fingerprint density at radius 3 is 2.24 bits per heavy atom. The molecule has 0 bridgehead atoms. The Morgan fingerprint density at radius 1 is 1.04 bits per heavy atom. The molecule has 1 aliphatic rings. The second-order valence-electron chi connectivity index (χ2n) is 6.72. The van der Waals surface area contributed by atoms with Crippen LogP contribution < -0.4 is 0 Å². The second kappa shape index (κ2) is 6.09. The van der Waals surface area contributed by atoms with Crippen molar-refractivity contribution in [3.63, 3.8) is 0 Å². The molecular formula is C16H17Cl2NO4S2. The van der Waals surface area contributed by atoms with Crippen LogP contribution >= 0.6 is 23.2 Å². The minimum absolute atomic E-state index is 0.0662. The summed E-state index contributed by atoms with van der Waals surface area (Å²) in [4.78, 5) is 0.0662. The first-order valence-electron chi connectivity index (χ1n) is 7.55. The first kappa shape index (κ1) is 18.9. The number of sulfone groups is 1. The number of halogens is 2. The van der Waals surface area contributed by atoms with Gasteiger partial charge in [0.15, 0.2) is 9.84 Å². The summed E-state index contributed by atoms with van der Waals surface area (Å²) in [5.41, 5.74) is -1.02. The van der Waals surface area contributed by atoms with Gasteiger partial charge in [-0.2, -0.15) is 4.31 Å². The highest BCUT2D eigenvalue weighted by Crippen LogP contribution is 2.34. The first-order valence-corrected chi connectivity index (χ1v) is 11.6. The van der Waals surface area contributed by atoms with Crippen molar-refractivity contribution in [1.82, 2.24) is 4.31 Å². The lowest BCUT2D eigenvalue weighted by Gasteiger charge is -2.40. The summed E-state index contributed by atoms with van der Waals surface area (Å²) < 4.78 is 51.2. The predicted molar refractivity (Wildman–Crippen MR) is 101 cm³/mol. The normalized spacial score (nSPS) is 20.6. The number of hydrogen-bond donors (Lipinski definition) is 0. The molecule has 2 aromatic carbocycles. The molecule has 0 amide bonds. The molecule has 2 aromatic rings. The molecule has 1 heterocycles. The Hall–Kier alpha value is -0.860. The van der Waals surface area contributed by atoms with Gasteiger partial charge in [-0.05, 0) is 38.1 Å². The molecule has 5 nitrogen and oxygen atoms in total. The van der Waals surface area contributed by atoms with Crippen molar-refractivity contribution >= 4 is 53.8 Å². The van der Waals surface area contributed by atoms with Crippen molar-refractivity contribution in [3.8, 4) is 0 Å². The lowest BCUT2D eigenvalue weighted by molar-refractivity contribution is 0.251. The molecule has 1 fully saturated rings. The van der Waals surface area contributed by atoms with E-state index in [1.54, 1.807) is 32.0 Å². The molecule has 1 saturated heterocycles. The van der Waals surface area contributed by atoms with Gasteiger partial charge in [0, 0.05) is 32.9 Å². The fourth-order valence-electron chi connectivity index (χ4n) is 3.20. The average molecular weight is 422 g/mol. The molecule has 0 saturated carbocycles. The summed E-state index contributed by atoms with van der Waals surface area (Å²) in [6.45, 7) is 3.16. The zero-order valence-corrected chi connectivity index (χ0v) is 16.8. The van der Waals surface area contributed by atoms with Gasteiger partial charge in [-0.25, -0.2) is 16.8 Å². The molecular weight excluding hydrogens is 405 g/mol. The lowest BCUT2D eigenvalue weighted by Crippen LogP contribution is -2.57. The van der Waals surface area contributed by atoms with Gasteiger partial charge in [0.2, 0.25) is 10.0 Å².